The molecule has 0 aliphatic heterocycles. The molecule has 0 aromatic heterocycles. The highest BCUT2D eigenvalue weighted by Gasteiger charge is 2.19. The molecule has 2 aromatic rings. The Bertz CT molecular complexity index is 587. The summed E-state index contributed by atoms with van der Waals surface area (Å²) in [7, 11) is 2.01. The molecule has 1 nitrogen and oxygen atoms in total. The fourth-order valence-electron chi connectivity index (χ4n) is 2.54. The molecule has 0 bridgehead atoms. The fraction of sp³-hybridized carbons (Fsp3) is 0.368. The summed E-state index contributed by atoms with van der Waals surface area (Å²) in [6, 6.07) is 17.7. The highest BCUT2D eigenvalue weighted by molar-refractivity contribution is 9.10. The molecule has 0 saturated heterocycles. The first-order valence-corrected chi connectivity index (χ1v) is 8.30. The lowest BCUT2D eigenvalue weighted by molar-refractivity contribution is 0.506. The topological polar surface area (TPSA) is 12.0 Å². The summed E-state index contributed by atoms with van der Waals surface area (Å²) in [5.74, 6) is 0. The van der Waals surface area contributed by atoms with Gasteiger partial charge in [0.15, 0.2) is 0 Å². The smallest absolute Gasteiger partial charge is 0.0574 e. The predicted octanol–water partition coefficient (Wildman–Crippen LogP) is 5.45. The van der Waals surface area contributed by atoms with Crippen LogP contribution < -0.4 is 5.32 Å². The summed E-state index contributed by atoms with van der Waals surface area (Å²) in [6.07, 6.45) is 1.15. The fourth-order valence-corrected chi connectivity index (χ4v) is 2.96. The van der Waals surface area contributed by atoms with E-state index in [-0.39, 0.29) is 11.5 Å². The number of hydrogen-bond acceptors (Lipinski definition) is 1. The van der Waals surface area contributed by atoms with E-state index in [1.807, 2.05) is 7.05 Å². The van der Waals surface area contributed by atoms with Crippen molar-refractivity contribution < 1.29 is 0 Å². The largest absolute Gasteiger partial charge is 0.309 e. The van der Waals surface area contributed by atoms with Crippen LogP contribution in [0.25, 0.3) is 0 Å². The number of nitrogens with one attached hydrogen (secondary N) is 1. The van der Waals surface area contributed by atoms with Gasteiger partial charge in [-0.15, -0.1) is 0 Å². The van der Waals surface area contributed by atoms with Gasteiger partial charge in [0.1, 0.15) is 0 Å². The van der Waals surface area contributed by atoms with Gasteiger partial charge in [-0.25, -0.2) is 0 Å². The first kappa shape index (κ1) is 16.3. The maximum atomic E-state index is 3.55. The maximum absolute atomic E-state index is 3.55. The molecule has 1 N–H and O–H groups in total. The maximum Gasteiger partial charge on any atom is 0.0574 e. The molecular weight excluding hydrogens is 322 g/mol. The average Bonchev–Trinajstić information content (AvgIpc) is 2.49. The van der Waals surface area contributed by atoms with Gasteiger partial charge in [-0.05, 0) is 47.7 Å². The van der Waals surface area contributed by atoms with Crippen molar-refractivity contribution in [3.8, 4) is 0 Å². The van der Waals surface area contributed by atoms with Crippen LogP contribution in [0.2, 0.25) is 0 Å². The van der Waals surface area contributed by atoms with Crippen LogP contribution in [0.5, 0.6) is 0 Å². The second kappa shape index (κ2) is 6.76. The zero-order chi connectivity index (χ0) is 15.5. The van der Waals surface area contributed by atoms with Gasteiger partial charge >= 0.3 is 0 Å². The van der Waals surface area contributed by atoms with Gasteiger partial charge in [0.2, 0.25) is 0 Å². The number of rotatable bonds is 5. The van der Waals surface area contributed by atoms with Crippen LogP contribution in [0.15, 0.2) is 53.0 Å². The Morgan fingerprint density at radius 3 is 2.24 bits per heavy atom. The molecule has 2 heteroatoms. The first-order valence-electron chi connectivity index (χ1n) is 7.51. The highest BCUT2D eigenvalue weighted by Crippen LogP contribution is 2.29. The Morgan fingerprint density at radius 1 is 1.05 bits per heavy atom. The Labute approximate surface area is 136 Å². The molecule has 0 saturated carbocycles. The SMILES string of the molecule is CCC(C)(C)c1ccc(C(NC)c2cccc(Br)c2)cc1. The van der Waals surface area contributed by atoms with Crippen LogP contribution in [0.4, 0.5) is 0 Å². The zero-order valence-electron chi connectivity index (χ0n) is 13.3. The molecule has 2 aromatic carbocycles. The molecule has 0 aliphatic rings. The lowest BCUT2D eigenvalue weighted by Gasteiger charge is -2.24. The minimum atomic E-state index is 0.223. The Kier molecular flexibility index (Phi) is 5.23. The minimum Gasteiger partial charge on any atom is -0.309 e. The van der Waals surface area contributed by atoms with Crippen molar-refractivity contribution in [2.24, 2.45) is 0 Å². The van der Waals surface area contributed by atoms with Gasteiger partial charge in [0, 0.05) is 4.47 Å². The molecular formula is C19H24BrN. The molecule has 112 valence electrons. The van der Waals surface area contributed by atoms with Crippen LogP contribution in [0, 0.1) is 0 Å². The van der Waals surface area contributed by atoms with E-state index in [0.717, 1.165) is 10.9 Å². The van der Waals surface area contributed by atoms with Gasteiger partial charge in [-0.2, -0.15) is 0 Å². The third-order valence-corrected chi connectivity index (χ3v) is 4.87. The van der Waals surface area contributed by atoms with Crippen molar-refractivity contribution in [2.45, 2.75) is 38.6 Å². The van der Waals surface area contributed by atoms with Gasteiger partial charge < -0.3 is 5.32 Å². The van der Waals surface area contributed by atoms with Gasteiger partial charge in [0.25, 0.3) is 0 Å². The quantitative estimate of drug-likeness (QED) is 0.760. The summed E-state index contributed by atoms with van der Waals surface area (Å²) in [5, 5.41) is 3.41. The van der Waals surface area contributed by atoms with Crippen LogP contribution in [-0.2, 0) is 5.41 Å². The van der Waals surface area contributed by atoms with E-state index in [2.05, 4.69) is 90.5 Å². The average molecular weight is 346 g/mol. The van der Waals surface area contributed by atoms with E-state index in [0.29, 0.717) is 0 Å². The van der Waals surface area contributed by atoms with Gasteiger partial charge in [-0.3, -0.25) is 0 Å². The molecule has 0 amide bonds. The Hall–Kier alpha value is -1.12. The van der Waals surface area contributed by atoms with Crippen molar-refractivity contribution in [1.29, 1.82) is 0 Å². The van der Waals surface area contributed by atoms with E-state index < -0.39 is 0 Å². The molecule has 0 heterocycles. The Balaban J connectivity index is 2.32. The van der Waals surface area contributed by atoms with Crippen molar-refractivity contribution in [3.05, 3.63) is 69.7 Å². The van der Waals surface area contributed by atoms with Crippen LogP contribution in [-0.4, -0.2) is 7.05 Å². The van der Waals surface area contributed by atoms with E-state index in [1.54, 1.807) is 0 Å². The first-order chi connectivity index (χ1) is 9.97. The summed E-state index contributed by atoms with van der Waals surface area (Å²) in [4.78, 5) is 0. The minimum absolute atomic E-state index is 0.223. The van der Waals surface area contributed by atoms with Crippen molar-refractivity contribution in [1.82, 2.24) is 5.32 Å². The van der Waals surface area contributed by atoms with Crippen LogP contribution in [0.1, 0.15) is 49.9 Å². The molecule has 0 radical (unpaired) electrons. The van der Waals surface area contributed by atoms with Crippen molar-refractivity contribution >= 4 is 15.9 Å². The summed E-state index contributed by atoms with van der Waals surface area (Å²) in [5.41, 5.74) is 4.21. The summed E-state index contributed by atoms with van der Waals surface area (Å²) >= 11 is 3.55. The molecule has 0 fully saturated rings. The lowest BCUT2D eigenvalue weighted by Crippen LogP contribution is -2.19. The number of halogens is 1. The highest BCUT2D eigenvalue weighted by atomic mass is 79.9. The van der Waals surface area contributed by atoms with E-state index in [9.17, 15) is 0 Å². The van der Waals surface area contributed by atoms with Crippen molar-refractivity contribution in [2.75, 3.05) is 7.05 Å². The van der Waals surface area contributed by atoms with Gasteiger partial charge in [-0.1, -0.05) is 73.1 Å². The molecule has 1 atom stereocenters. The van der Waals surface area contributed by atoms with E-state index in [1.165, 1.54) is 16.7 Å². The molecule has 21 heavy (non-hydrogen) atoms. The van der Waals surface area contributed by atoms with Crippen LogP contribution >= 0.6 is 15.9 Å². The van der Waals surface area contributed by atoms with Crippen LogP contribution in [0.3, 0.4) is 0 Å². The monoisotopic (exact) mass is 345 g/mol. The third-order valence-electron chi connectivity index (χ3n) is 4.38. The number of benzene rings is 2. The summed E-state index contributed by atoms with van der Waals surface area (Å²) < 4.78 is 1.11. The standard InChI is InChI=1S/C19H24BrN/c1-5-19(2,3)16-11-9-14(10-12-16)18(21-4)15-7-6-8-17(20)13-15/h6-13,18,21H,5H2,1-4H3. The summed E-state index contributed by atoms with van der Waals surface area (Å²) in [6.45, 7) is 6.84. The van der Waals surface area contributed by atoms with E-state index in [4.69, 9.17) is 0 Å². The van der Waals surface area contributed by atoms with Gasteiger partial charge in [0.05, 0.1) is 6.04 Å². The third kappa shape index (κ3) is 3.75. The number of hydrogen-bond donors (Lipinski definition) is 1. The second-order valence-electron chi connectivity index (χ2n) is 6.14. The second-order valence-corrected chi connectivity index (χ2v) is 7.05. The molecule has 0 spiro atoms. The van der Waals surface area contributed by atoms with Crippen molar-refractivity contribution in [3.63, 3.8) is 0 Å². The lowest BCUT2D eigenvalue weighted by atomic mass is 9.81. The molecule has 0 aliphatic carbocycles. The zero-order valence-corrected chi connectivity index (χ0v) is 14.9. The Morgan fingerprint density at radius 2 is 1.71 bits per heavy atom. The molecule has 2 rings (SSSR count). The predicted molar refractivity (Wildman–Crippen MR) is 94.8 cm³/mol. The van der Waals surface area contributed by atoms with E-state index >= 15 is 0 Å². The molecule has 1 unspecified atom stereocenters. The normalized spacial score (nSPS) is 13.2.